The van der Waals surface area contributed by atoms with Crippen molar-refractivity contribution in [3.63, 3.8) is 0 Å². The summed E-state index contributed by atoms with van der Waals surface area (Å²) in [6.45, 7) is 1.18. The number of hydroxylamine groups is 2. The number of nitrogens with zero attached hydrogens (tertiary/aromatic N) is 1. The Bertz CT molecular complexity index is 297. The summed E-state index contributed by atoms with van der Waals surface area (Å²) in [5, 5.41) is 18.7. The van der Waals surface area contributed by atoms with Crippen LogP contribution in [0.15, 0.2) is 30.3 Å². The molecule has 1 atom stereocenters. The zero-order valence-electron chi connectivity index (χ0n) is 7.92. The van der Waals surface area contributed by atoms with Gasteiger partial charge in [0.1, 0.15) is 6.23 Å². The molecule has 1 aromatic carbocycles. The fourth-order valence-electron chi connectivity index (χ4n) is 0.995. The Morgan fingerprint density at radius 3 is 2.50 bits per heavy atom. The van der Waals surface area contributed by atoms with Gasteiger partial charge in [-0.15, -0.1) is 0 Å². The van der Waals surface area contributed by atoms with Crippen LogP contribution in [-0.2, 0) is 0 Å². The van der Waals surface area contributed by atoms with Gasteiger partial charge in [-0.2, -0.15) is 5.06 Å². The maximum absolute atomic E-state index is 11.4. The van der Waals surface area contributed by atoms with Crippen LogP contribution >= 0.6 is 0 Å². The topological polar surface area (TPSA) is 60.8 Å². The highest BCUT2D eigenvalue weighted by Gasteiger charge is 2.13. The summed E-state index contributed by atoms with van der Waals surface area (Å²) in [6, 6.07) is 8.63. The summed E-state index contributed by atoms with van der Waals surface area (Å²) in [5.41, 5.74) is 0.521. The first-order valence-corrected chi connectivity index (χ1v) is 4.33. The zero-order chi connectivity index (χ0) is 10.6. The molecule has 4 nitrogen and oxygen atoms in total. The summed E-state index contributed by atoms with van der Waals surface area (Å²) < 4.78 is 0. The monoisotopic (exact) mass is 195 g/mol. The average Bonchev–Trinajstić information content (AvgIpc) is 2.19. The van der Waals surface area contributed by atoms with Crippen LogP contribution in [0.2, 0.25) is 0 Å². The number of aliphatic hydroxyl groups excluding tert-OH is 1. The maximum Gasteiger partial charge on any atom is 0.179 e. The van der Waals surface area contributed by atoms with E-state index in [2.05, 4.69) is 0 Å². The van der Waals surface area contributed by atoms with Crippen molar-refractivity contribution in [3.8, 4) is 0 Å². The van der Waals surface area contributed by atoms with E-state index in [0.717, 1.165) is 0 Å². The molecule has 2 N–H and O–H groups in total. The number of aliphatic hydroxyl groups is 1. The molecule has 14 heavy (non-hydrogen) atoms. The molecule has 0 aliphatic rings. The first-order valence-electron chi connectivity index (χ1n) is 4.33. The summed E-state index contributed by atoms with van der Waals surface area (Å²) in [5.74, 6) is -0.228. The van der Waals surface area contributed by atoms with Crippen molar-refractivity contribution in [1.29, 1.82) is 0 Å². The van der Waals surface area contributed by atoms with Crippen molar-refractivity contribution in [2.75, 3.05) is 6.54 Å². The Labute approximate surface area is 82.4 Å². The molecular weight excluding hydrogens is 182 g/mol. The van der Waals surface area contributed by atoms with Crippen molar-refractivity contribution in [1.82, 2.24) is 5.06 Å². The Morgan fingerprint density at radius 1 is 1.43 bits per heavy atom. The predicted octanol–water partition coefficient (Wildman–Crippen LogP) is 0.899. The molecule has 0 aromatic heterocycles. The highest BCUT2D eigenvalue weighted by Crippen LogP contribution is 2.01. The van der Waals surface area contributed by atoms with Gasteiger partial charge in [-0.25, -0.2) is 0 Å². The lowest BCUT2D eigenvalue weighted by Gasteiger charge is -2.16. The van der Waals surface area contributed by atoms with E-state index in [-0.39, 0.29) is 12.3 Å². The van der Waals surface area contributed by atoms with Gasteiger partial charge < -0.3 is 10.3 Å². The average molecular weight is 195 g/mol. The van der Waals surface area contributed by atoms with Crippen LogP contribution in [0.3, 0.4) is 0 Å². The molecule has 4 heteroatoms. The Hall–Kier alpha value is -1.23. The molecule has 0 amide bonds. The van der Waals surface area contributed by atoms with Crippen LogP contribution in [0.25, 0.3) is 0 Å². The van der Waals surface area contributed by atoms with Crippen molar-refractivity contribution < 1.29 is 15.1 Å². The van der Waals surface area contributed by atoms with Crippen LogP contribution in [0.5, 0.6) is 0 Å². The number of ketones is 1. The van der Waals surface area contributed by atoms with Gasteiger partial charge >= 0.3 is 0 Å². The molecule has 1 aromatic rings. The molecule has 0 saturated heterocycles. The van der Waals surface area contributed by atoms with Crippen molar-refractivity contribution in [2.24, 2.45) is 0 Å². The minimum atomic E-state index is -1.04. The molecule has 1 unspecified atom stereocenters. The molecule has 0 spiro atoms. The van der Waals surface area contributed by atoms with Gasteiger partial charge in [0.25, 0.3) is 0 Å². The van der Waals surface area contributed by atoms with Gasteiger partial charge in [0.05, 0.1) is 6.54 Å². The number of rotatable bonds is 4. The summed E-state index contributed by atoms with van der Waals surface area (Å²) in [7, 11) is 0. The second kappa shape index (κ2) is 4.85. The van der Waals surface area contributed by atoms with Crippen LogP contribution in [0.1, 0.15) is 17.3 Å². The quantitative estimate of drug-likeness (QED) is 0.425. The van der Waals surface area contributed by atoms with E-state index in [4.69, 9.17) is 10.3 Å². The van der Waals surface area contributed by atoms with Gasteiger partial charge in [0.2, 0.25) is 0 Å². The van der Waals surface area contributed by atoms with E-state index in [9.17, 15) is 4.79 Å². The van der Waals surface area contributed by atoms with Crippen LogP contribution in [0, 0.1) is 0 Å². The molecule has 0 heterocycles. The Balaban J connectivity index is 2.60. The molecular formula is C10H13NO3. The number of hydrogen-bond acceptors (Lipinski definition) is 4. The summed E-state index contributed by atoms with van der Waals surface area (Å²) in [4.78, 5) is 11.4. The zero-order valence-corrected chi connectivity index (χ0v) is 7.92. The van der Waals surface area contributed by atoms with Crippen molar-refractivity contribution in [3.05, 3.63) is 35.9 Å². The first kappa shape index (κ1) is 10.8. The fraction of sp³-hybridized carbons (Fsp3) is 0.300. The lowest BCUT2D eigenvalue weighted by molar-refractivity contribution is -0.180. The normalized spacial score (nSPS) is 12.9. The Morgan fingerprint density at radius 2 is 2.00 bits per heavy atom. The van der Waals surface area contributed by atoms with Crippen LogP contribution in [-0.4, -0.2) is 33.9 Å². The fourth-order valence-corrected chi connectivity index (χ4v) is 0.995. The third kappa shape index (κ3) is 2.92. The second-order valence-electron chi connectivity index (χ2n) is 3.02. The van der Waals surface area contributed by atoms with Crippen molar-refractivity contribution >= 4 is 5.78 Å². The SMILES string of the molecule is CC(O)N(O)CC(=O)c1ccccc1. The number of carbonyl (C=O) groups is 1. The molecule has 0 saturated carbocycles. The van der Waals surface area contributed by atoms with Gasteiger partial charge in [0, 0.05) is 5.56 Å². The summed E-state index contributed by atoms with van der Waals surface area (Å²) in [6.07, 6.45) is -1.04. The molecule has 0 radical (unpaired) electrons. The number of benzene rings is 1. The largest absolute Gasteiger partial charge is 0.377 e. The van der Waals surface area contributed by atoms with E-state index in [1.807, 2.05) is 6.07 Å². The second-order valence-corrected chi connectivity index (χ2v) is 3.02. The van der Waals surface area contributed by atoms with Crippen LogP contribution in [0.4, 0.5) is 0 Å². The standard InChI is InChI=1S/C10H13NO3/c1-8(12)11(14)7-10(13)9-5-3-2-4-6-9/h2-6,8,12,14H,7H2,1H3. The lowest BCUT2D eigenvalue weighted by Crippen LogP contribution is -2.34. The van der Waals surface area contributed by atoms with Crippen molar-refractivity contribution in [2.45, 2.75) is 13.2 Å². The highest BCUT2D eigenvalue weighted by molar-refractivity contribution is 5.97. The third-order valence-corrected chi connectivity index (χ3v) is 1.83. The maximum atomic E-state index is 11.4. The predicted molar refractivity (Wildman–Crippen MR) is 50.9 cm³/mol. The first-order chi connectivity index (χ1) is 6.61. The van der Waals surface area contributed by atoms with Gasteiger partial charge in [0.15, 0.2) is 5.78 Å². The molecule has 0 fully saturated rings. The molecule has 1 rings (SSSR count). The molecule has 76 valence electrons. The van der Waals surface area contributed by atoms with E-state index in [1.165, 1.54) is 6.92 Å². The van der Waals surface area contributed by atoms with E-state index in [1.54, 1.807) is 24.3 Å². The van der Waals surface area contributed by atoms with Gasteiger partial charge in [-0.05, 0) is 6.92 Å². The minimum Gasteiger partial charge on any atom is -0.377 e. The van der Waals surface area contributed by atoms with E-state index < -0.39 is 6.23 Å². The van der Waals surface area contributed by atoms with E-state index in [0.29, 0.717) is 10.6 Å². The number of Topliss-reactive ketones (excluding diaryl/α,β-unsaturated/α-hetero) is 1. The lowest BCUT2D eigenvalue weighted by atomic mass is 10.1. The van der Waals surface area contributed by atoms with Gasteiger partial charge in [-0.3, -0.25) is 4.79 Å². The van der Waals surface area contributed by atoms with Crippen LogP contribution < -0.4 is 0 Å². The highest BCUT2D eigenvalue weighted by atomic mass is 16.5. The third-order valence-electron chi connectivity index (χ3n) is 1.83. The smallest absolute Gasteiger partial charge is 0.179 e. The Kier molecular flexibility index (Phi) is 3.76. The number of carbonyl (C=O) groups excluding carboxylic acids is 1. The minimum absolute atomic E-state index is 0.207. The number of hydrogen-bond donors (Lipinski definition) is 2. The summed E-state index contributed by atoms with van der Waals surface area (Å²) >= 11 is 0. The van der Waals surface area contributed by atoms with Gasteiger partial charge in [-0.1, -0.05) is 30.3 Å². The van der Waals surface area contributed by atoms with E-state index >= 15 is 0 Å². The molecule has 0 aliphatic heterocycles. The molecule has 0 aliphatic carbocycles. The molecule has 0 bridgehead atoms.